The topological polar surface area (TPSA) is 32.7 Å². The molecule has 4 heteroatoms. The number of halogens is 1. The first-order valence-electron chi connectivity index (χ1n) is 6.36. The van der Waals surface area contributed by atoms with Crippen LogP contribution in [0.2, 0.25) is 5.02 Å². The second-order valence-electron chi connectivity index (χ2n) is 5.04. The molecule has 0 aromatic heterocycles. The third-order valence-electron chi connectivity index (χ3n) is 3.18. The van der Waals surface area contributed by atoms with Crippen molar-refractivity contribution < 1.29 is 9.84 Å². The van der Waals surface area contributed by atoms with Crippen molar-refractivity contribution in [1.29, 1.82) is 0 Å². The fraction of sp³-hybridized carbons (Fsp3) is 0.571. The minimum atomic E-state index is -0.472. The van der Waals surface area contributed by atoms with Crippen molar-refractivity contribution in [2.75, 3.05) is 19.6 Å². The zero-order valence-corrected chi connectivity index (χ0v) is 11.6. The number of β-amino-alcohol motifs (C(OH)–C–C–N with tert-alkyl or cyclic N) is 1. The minimum absolute atomic E-state index is 0.228. The number of morpholine rings is 1. The lowest BCUT2D eigenvalue weighted by atomic mass is 10.1. The SMILES string of the molecule is C[C@@H]1CN(C[C@H](O)c2ccc(Cl)cc2)C[C@@H](C)O1. The molecule has 0 spiro atoms. The van der Waals surface area contributed by atoms with Crippen LogP contribution in [0.25, 0.3) is 0 Å². The highest BCUT2D eigenvalue weighted by atomic mass is 35.5. The highest BCUT2D eigenvalue weighted by Gasteiger charge is 2.24. The molecule has 1 aliphatic heterocycles. The summed E-state index contributed by atoms with van der Waals surface area (Å²) in [5, 5.41) is 10.9. The van der Waals surface area contributed by atoms with Gasteiger partial charge in [0.1, 0.15) is 0 Å². The molecule has 2 rings (SSSR count). The van der Waals surface area contributed by atoms with Crippen LogP contribution in [0, 0.1) is 0 Å². The van der Waals surface area contributed by atoms with Crippen molar-refractivity contribution in [3.8, 4) is 0 Å². The first kappa shape index (κ1) is 13.8. The molecule has 1 aliphatic rings. The van der Waals surface area contributed by atoms with E-state index >= 15 is 0 Å². The fourth-order valence-corrected chi connectivity index (χ4v) is 2.59. The van der Waals surface area contributed by atoms with E-state index in [-0.39, 0.29) is 12.2 Å². The van der Waals surface area contributed by atoms with Crippen molar-refractivity contribution in [3.63, 3.8) is 0 Å². The van der Waals surface area contributed by atoms with Crippen LogP contribution in [0.5, 0.6) is 0 Å². The van der Waals surface area contributed by atoms with E-state index in [1.54, 1.807) is 0 Å². The van der Waals surface area contributed by atoms with Gasteiger partial charge in [0.25, 0.3) is 0 Å². The summed E-state index contributed by atoms with van der Waals surface area (Å²) in [5.41, 5.74) is 0.909. The Kier molecular flexibility index (Phi) is 4.62. The van der Waals surface area contributed by atoms with Gasteiger partial charge in [0.2, 0.25) is 0 Å². The van der Waals surface area contributed by atoms with Gasteiger partial charge in [0, 0.05) is 24.7 Å². The van der Waals surface area contributed by atoms with Gasteiger partial charge in [-0.15, -0.1) is 0 Å². The summed E-state index contributed by atoms with van der Waals surface area (Å²) in [6.07, 6.45) is -0.0166. The van der Waals surface area contributed by atoms with E-state index in [9.17, 15) is 5.11 Å². The lowest BCUT2D eigenvalue weighted by Gasteiger charge is -2.36. The maximum Gasteiger partial charge on any atom is 0.0916 e. The van der Waals surface area contributed by atoms with Crippen LogP contribution >= 0.6 is 11.6 Å². The van der Waals surface area contributed by atoms with Gasteiger partial charge in [-0.3, -0.25) is 4.90 Å². The van der Waals surface area contributed by atoms with Crippen LogP contribution in [-0.4, -0.2) is 41.8 Å². The lowest BCUT2D eigenvalue weighted by molar-refractivity contribution is -0.0767. The molecule has 0 saturated carbocycles. The van der Waals surface area contributed by atoms with Crippen molar-refractivity contribution in [2.45, 2.75) is 32.2 Å². The van der Waals surface area contributed by atoms with Crippen LogP contribution in [0.3, 0.4) is 0 Å². The average molecular weight is 270 g/mol. The standard InChI is InChI=1S/C14H20ClNO2/c1-10-7-16(8-11(2)18-10)9-14(17)12-3-5-13(15)6-4-12/h3-6,10-11,14,17H,7-9H2,1-2H3/t10-,11-,14+/m1/s1. The van der Waals surface area contributed by atoms with Crippen molar-refractivity contribution in [1.82, 2.24) is 4.90 Å². The number of benzene rings is 1. The molecular formula is C14H20ClNO2. The molecular weight excluding hydrogens is 250 g/mol. The summed E-state index contributed by atoms with van der Waals surface area (Å²) in [6.45, 7) is 6.51. The smallest absolute Gasteiger partial charge is 0.0916 e. The Bertz CT molecular complexity index is 372. The maximum absolute atomic E-state index is 10.2. The molecule has 0 radical (unpaired) electrons. The summed E-state index contributed by atoms with van der Waals surface area (Å²) in [5.74, 6) is 0. The average Bonchev–Trinajstić information content (AvgIpc) is 2.28. The second-order valence-corrected chi connectivity index (χ2v) is 5.48. The van der Waals surface area contributed by atoms with Crippen LogP contribution in [0.1, 0.15) is 25.5 Å². The van der Waals surface area contributed by atoms with Crippen LogP contribution < -0.4 is 0 Å². The highest BCUT2D eigenvalue weighted by Crippen LogP contribution is 2.19. The van der Waals surface area contributed by atoms with Gasteiger partial charge < -0.3 is 9.84 Å². The summed E-state index contributed by atoms with van der Waals surface area (Å²) in [6, 6.07) is 7.37. The molecule has 1 N–H and O–H groups in total. The summed E-state index contributed by atoms with van der Waals surface area (Å²) in [4.78, 5) is 2.25. The van der Waals surface area contributed by atoms with Crippen LogP contribution in [-0.2, 0) is 4.74 Å². The molecule has 1 aromatic carbocycles. The van der Waals surface area contributed by atoms with Gasteiger partial charge in [-0.25, -0.2) is 0 Å². The Hall–Kier alpha value is -0.610. The van der Waals surface area contributed by atoms with Gasteiger partial charge in [0.15, 0.2) is 0 Å². The quantitative estimate of drug-likeness (QED) is 0.915. The van der Waals surface area contributed by atoms with Gasteiger partial charge in [-0.05, 0) is 31.5 Å². The summed E-state index contributed by atoms with van der Waals surface area (Å²) >= 11 is 5.84. The van der Waals surface area contributed by atoms with Gasteiger partial charge >= 0.3 is 0 Å². The first-order valence-corrected chi connectivity index (χ1v) is 6.73. The minimum Gasteiger partial charge on any atom is -0.387 e. The molecule has 1 saturated heterocycles. The second kappa shape index (κ2) is 6.02. The van der Waals surface area contributed by atoms with Crippen molar-refractivity contribution in [3.05, 3.63) is 34.9 Å². The number of rotatable bonds is 3. The van der Waals surface area contributed by atoms with Gasteiger partial charge in [0.05, 0.1) is 18.3 Å². The number of aliphatic hydroxyl groups excluding tert-OH is 1. The normalized spacial score (nSPS) is 27.1. The van der Waals surface area contributed by atoms with Gasteiger partial charge in [-0.2, -0.15) is 0 Å². The summed E-state index contributed by atoms with van der Waals surface area (Å²) < 4.78 is 5.68. The van der Waals surface area contributed by atoms with E-state index in [4.69, 9.17) is 16.3 Å². The Labute approximate surface area is 113 Å². The Morgan fingerprint density at radius 3 is 2.39 bits per heavy atom. The Morgan fingerprint density at radius 2 is 1.83 bits per heavy atom. The molecule has 1 aromatic rings. The van der Waals surface area contributed by atoms with E-state index in [2.05, 4.69) is 18.7 Å². The maximum atomic E-state index is 10.2. The monoisotopic (exact) mass is 269 g/mol. The van der Waals surface area contributed by atoms with Crippen LogP contribution in [0.15, 0.2) is 24.3 Å². The number of hydrogen-bond donors (Lipinski definition) is 1. The molecule has 1 fully saturated rings. The largest absolute Gasteiger partial charge is 0.387 e. The Morgan fingerprint density at radius 1 is 1.28 bits per heavy atom. The number of nitrogens with zero attached hydrogens (tertiary/aromatic N) is 1. The molecule has 1 heterocycles. The lowest BCUT2D eigenvalue weighted by Crippen LogP contribution is -2.46. The Balaban J connectivity index is 1.94. The molecule has 0 bridgehead atoms. The molecule has 0 aliphatic carbocycles. The predicted molar refractivity (Wildman–Crippen MR) is 72.9 cm³/mol. The molecule has 0 amide bonds. The fourth-order valence-electron chi connectivity index (χ4n) is 2.47. The molecule has 18 heavy (non-hydrogen) atoms. The molecule has 0 unspecified atom stereocenters. The predicted octanol–water partition coefficient (Wildman–Crippen LogP) is 2.48. The number of ether oxygens (including phenoxy) is 1. The van der Waals surface area contributed by atoms with E-state index in [1.807, 2.05) is 24.3 Å². The van der Waals surface area contributed by atoms with E-state index in [0.717, 1.165) is 18.7 Å². The zero-order valence-electron chi connectivity index (χ0n) is 10.8. The van der Waals surface area contributed by atoms with Crippen LogP contribution in [0.4, 0.5) is 0 Å². The first-order chi connectivity index (χ1) is 8.54. The van der Waals surface area contributed by atoms with E-state index in [1.165, 1.54) is 0 Å². The van der Waals surface area contributed by atoms with Crippen molar-refractivity contribution in [2.24, 2.45) is 0 Å². The third-order valence-corrected chi connectivity index (χ3v) is 3.43. The van der Waals surface area contributed by atoms with E-state index < -0.39 is 6.10 Å². The zero-order chi connectivity index (χ0) is 13.1. The third kappa shape index (κ3) is 3.69. The molecule has 100 valence electrons. The van der Waals surface area contributed by atoms with Gasteiger partial charge in [-0.1, -0.05) is 23.7 Å². The summed E-state index contributed by atoms with van der Waals surface area (Å²) in [7, 11) is 0. The highest BCUT2D eigenvalue weighted by molar-refractivity contribution is 6.30. The van der Waals surface area contributed by atoms with E-state index in [0.29, 0.717) is 11.6 Å². The molecule has 3 nitrogen and oxygen atoms in total. The van der Waals surface area contributed by atoms with Crippen molar-refractivity contribution >= 4 is 11.6 Å². The molecule has 3 atom stereocenters. The number of aliphatic hydroxyl groups is 1. The number of hydrogen-bond acceptors (Lipinski definition) is 3.